The van der Waals surface area contributed by atoms with Crippen molar-refractivity contribution in [3.05, 3.63) is 47.7 Å². The van der Waals surface area contributed by atoms with E-state index in [1.807, 2.05) is 6.07 Å². The summed E-state index contributed by atoms with van der Waals surface area (Å²) in [4.78, 5) is 31.0. The largest absolute Gasteiger partial charge is 0.472 e. The molecule has 1 aliphatic heterocycles. The number of hydrogen-bond acceptors (Lipinski definition) is 4. The Bertz CT molecular complexity index is 742. The molecule has 0 unspecified atom stereocenters. The summed E-state index contributed by atoms with van der Waals surface area (Å²) in [5.74, 6) is -0.233. The molecular weight excluding hydrogens is 296 g/mol. The SMILES string of the molecule is N#Cc1c[nH]c(C(=O)N2CCCN(C(=O)c3ccoc3)CC2)c1. The zero-order chi connectivity index (χ0) is 16.2. The van der Waals surface area contributed by atoms with Crippen molar-refractivity contribution in [2.45, 2.75) is 6.42 Å². The molecule has 0 aromatic carbocycles. The van der Waals surface area contributed by atoms with Gasteiger partial charge in [-0.15, -0.1) is 0 Å². The lowest BCUT2D eigenvalue weighted by Gasteiger charge is -2.21. The smallest absolute Gasteiger partial charge is 0.270 e. The molecule has 0 bridgehead atoms. The zero-order valence-corrected chi connectivity index (χ0v) is 12.5. The van der Waals surface area contributed by atoms with Gasteiger partial charge in [-0.1, -0.05) is 0 Å². The minimum atomic E-state index is -0.149. The van der Waals surface area contributed by atoms with Gasteiger partial charge in [0.25, 0.3) is 11.8 Å². The van der Waals surface area contributed by atoms with E-state index < -0.39 is 0 Å². The Labute approximate surface area is 133 Å². The van der Waals surface area contributed by atoms with E-state index >= 15 is 0 Å². The molecule has 3 rings (SSSR count). The molecule has 0 spiro atoms. The predicted octanol–water partition coefficient (Wildman–Crippen LogP) is 1.47. The van der Waals surface area contributed by atoms with Gasteiger partial charge in [0.15, 0.2) is 0 Å². The maximum Gasteiger partial charge on any atom is 0.270 e. The molecule has 2 amide bonds. The summed E-state index contributed by atoms with van der Waals surface area (Å²) in [5.41, 5.74) is 1.35. The Morgan fingerprint density at radius 2 is 1.91 bits per heavy atom. The van der Waals surface area contributed by atoms with Gasteiger partial charge in [0, 0.05) is 32.4 Å². The number of nitrogens with zero attached hydrogens (tertiary/aromatic N) is 3. The number of carbonyl (C=O) groups is 2. The van der Waals surface area contributed by atoms with Crippen LogP contribution in [0.3, 0.4) is 0 Å². The topological polar surface area (TPSA) is 93.3 Å². The molecule has 0 aliphatic carbocycles. The van der Waals surface area contributed by atoms with Crippen molar-refractivity contribution in [2.24, 2.45) is 0 Å². The number of amides is 2. The molecule has 0 radical (unpaired) electrons. The van der Waals surface area contributed by atoms with Crippen LogP contribution in [0, 0.1) is 11.3 Å². The minimum Gasteiger partial charge on any atom is -0.472 e. The van der Waals surface area contributed by atoms with Gasteiger partial charge in [0.2, 0.25) is 0 Å². The van der Waals surface area contributed by atoms with Crippen molar-refractivity contribution in [3.8, 4) is 6.07 Å². The molecule has 1 fully saturated rings. The molecule has 0 saturated carbocycles. The maximum absolute atomic E-state index is 12.5. The van der Waals surface area contributed by atoms with Crippen molar-refractivity contribution >= 4 is 11.8 Å². The van der Waals surface area contributed by atoms with Gasteiger partial charge in [-0.05, 0) is 18.6 Å². The Kier molecular flexibility index (Phi) is 4.15. The van der Waals surface area contributed by atoms with Crippen LogP contribution in [0.1, 0.15) is 32.8 Å². The second-order valence-corrected chi connectivity index (χ2v) is 5.36. The number of rotatable bonds is 2. The normalized spacial score (nSPS) is 15.1. The number of H-pyrrole nitrogens is 1. The number of carbonyl (C=O) groups excluding carboxylic acids is 2. The third-order valence-electron chi connectivity index (χ3n) is 3.88. The lowest BCUT2D eigenvalue weighted by molar-refractivity contribution is 0.0715. The molecule has 118 valence electrons. The Balaban J connectivity index is 1.65. The van der Waals surface area contributed by atoms with Crippen LogP contribution < -0.4 is 0 Å². The highest BCUT2D eigenvalue weighted by atomic mass is 16.3. The highest BCUT2D eigenvalue weighted by Gasteiger charge is 2.24. The van der Waals surface area contributed by atoms with E-state index in [-0.39, 0.29) is 11.8 Å². The fourth-order valence-corrected chi connectivity index (χ4v) is 2.65. The van der Waals surface area contributed by atoms with Crippen LogP contribution in [-0.4, -0.2) is 52.8 Å². The van der Waals surface area contributed by atoms with Crippen molar-refractivity contribution < 1.29 is 14.0 Å². The quantitative estimate of drug-likeness (QED) is 0.908. The third-order valence-corrected chi connectivity index (χ3v) is 3.88. The van der Waals surface area contributed by atoms with Crippen LogP contribution in [-0.2, 0) is 0 Å². The Morgan fingerprint density at radius 1 is 1.17 bits per heavy atom. The van der Waals surface area contributed by atoms with E-state index in [0.29, 0.717) is 49.4 Å². The van der Waals surface area contributed by atoms with Crippen LogP contribution in [0.25, 0.3) is 0 Å². The fraction of sp³-hybridized carbons (Fsp3) is 0.312. The maximum atomic E-state index is 12.5. The average molecular weight is 312 g/mol. The Hall–Kier alpha value is -3.01. The van der Waals surface area contributed by atoms with Crippen LogP contribution in [0.5, 0.6) is 0 Å². The summed E-state index contributed by atoms with van der Waals surface area (Å²) >= 11 is 0. The van der Waals surface area contributed by atoms with Crippen molar-refractivity contribution in [2.75, 3.05) is 26.2 Å². The number of hydrogen-bond donors (Lipinski definition) is 1. The van der Waals surface area contributed by atoms with Crippen LogP contribution in [0.15, 0.2) is 35.3 Å². The van der Waals surface area contributed by atoms with Gasteiger partial charge in [-0.3, -0.25) is 9.59 Å². The molecule has 1 saturated heterocycles. The minimum absolute atomic E-state index is 0.0836. The van der Waals surface area contributed by atoms with Gasteiger partial charge < -0.3 is 19.2 Å². The molecule has 7 heteroatoms. The number of aromatic nitrogens is 1. The van der Waals surface area contributed by atoms with E-state index in [1.54, 1.807) is 21.9 Å². The van der Waals surface area contributed by atoms with E-state index in [1.165, 1.54) is 18.7 Å². The van der Waals surface area contributed by atoms with Crippen LogP contribution in [0.4, 0.5) is 0 Å². The second kappa shape index (κ2) is 6.40. The standard InChI is InChI=1S/C16H16N4O3/c17-9-12-8-14(18-10-12)16(22)20-4-1-3-19(5-6-20)15(21)13-2-7-23-11-13/h2,7-8,10-11,18H,1,3-6H2. The lowest BCUT2D eigenvalue weighted by Crippen LogP contribution is -2.37. The monoisotopic (exact) mass is 312 g/mol. The lowest BCUT2D eigenvalue weighted by atomic mass is 10.3. The first-order valence-electron chi connectivity index (χ1n) is 7.38. The van der Waals surface area contributed by atoms with E-state index in [0.717, 1.165) is 0 Å². The van der Waals surface area contributed by atoms with Crippen molar-refractivity contribution in [1.29, 1.82) is 5.26 Å². The van der Waals surface area contributed by atoms with E-state index in [4.69, 9.17) is 9.68 Å². The molecule has 2 aromatic heterocycles. The Morgan fingerprint density at radius 3 is 2.52 bits per heavy atom. The fourth-order valence-electron chi connectivity index (χ4n) is 2.65. The van der Waals surface area contributed by atoms with E-state index in [9.17, 15) is 9.59 Å². The van der Waals surface area contributed by atoms with E-state index in [2.05, 4.69) is 4.98 Å². The predicted molar refractivity (Wildman–Crippen MR) is 80.6 cm³/mol. The second-order valence-electron chi connectivity index (χ2n) is 5.36. The zero-order valence-electron chi connectivity index (χ0n) is 12.5. The summed E-state index contributed by atoms with van der Waals surface area (Å²) < 4.78 is 4.95. The first-order valence-corrected chi connectivity index (χ1v) is 7.38. The van der Waals surface area contributed by atoms with Gasteiger partial charge in [-0.25, -0.2) is 0 Å². The van der Waals surface area contributed by atoms with Crippen molar-refractivity contribution in [1.82, 2.24) is 14.8 Å². The first kappa shape index (κ1) is 14.9. The summed E-state index contributed by atoms with van der Waals surface area (Å²) in [6.45, 7) is 2.11. The first-order chi connectivity index (χ1) is 11.2. The van der Waals surface area contributed by atoms with Crippen LogP contribution in [0.2, 0.25) is 0 Å². The number of nitrogens with one attached hydrogen (secondary N) is 1. The van der Waals surface area contributed by atoms with Gasteiger partial charge in [0.05, 0.1) is 17.4 Å². The molecule has 7 nitrogen and oxygen atoms in total. The summed E-state index contributed by atoms with van der Waals surface area (Å²) in [5, 5.41) is 8.83. The summed E-state index contributed by atoms with van der Waals surface area (Å²) in [7, 11) is 0. The van der Waals surface area contributed by atoms with Gasteiger partial charge >= 0.3 is 0 Å². The van der Waals surface area contributed by atoms with Gasteiger partial charge in [-0.2, -0.15) is 5.26 Å². The molecule has 2 aromatic rings. The molecule has 23 heavy (non-hydrogen) atoms. The summed E-state index contributed by atoms with van der Waals surface area (Å²) in [6.07, 6.45) is 5.12. The molecule has 1 aliphatic rings. The number of nitriles is 1. The summed E-state index contributed by atoms with van der Waals surface area (Å²) in [6, 6.07) is 5.17. The van der Waals surface area contributed by atoms with Crippen molar-refractivity contribution in [3.63, 3.8) is 0 Å². The highest BCUT2D eigenvalue weighted by Crippen LogP contribution is 2.12. The number of aromatic amines is 1. The van der Waals surface area contributed by atoms with Gasteiger partial charge in [0.1, 0.15) is 18.0 Å². The molecular formula is C16H16N4O3. The highest BCUT2D eigenvalue weighted by molar-refractivity contribution is 5.94. The molecule has 0 atom stereocenters. The molecule has 1 N–H and O–H groups in total. The number of furan rings is 1. The average Bonchev–Trinajstić information content (AvgIpc) is 3.21. The third kappa shape index (κ3) is 3.11. The van der Waals surface area contributed by atoms with Crippen LogP contribution >= 0.6 is 0 Å². The molecule has 3 heterocycles.